The zero-order valence-electron chi connectivity index (χ0n) is 16.0. The van der Waals surface area contributed by atoms with Crippen molar-refractivity contribution < 1.29 is 14.3 Å². The van der Waals surface area contributed by atoms with E-state index < -0.39 is 5.91 Å². The third-order valence-corrected chi connectivity index (χ3v) is 4.30. The third kappa shape index (κ3) is 3.57. The second-order valence-corrected chi connectivity index (χ2v) is 6.03. The van der Waals surface area contributed by atoms with Crippen molar-refractivity contribution in [2.75, 3.05) is 14.2 Å². The molecule has 1 amide bonds. The Hall–Kier alpha value is -3.68. The molecule has 2 aromatic carbocycles. The van der Waals surface area contributed by atoms with Gasteiger partial charge in [-0.3, -0.25) is 9.59 Å². The van der Waals surface area contributed by atoms with Crippen LogP contribution in [0, 0.1) is 0 Å². The average Bonchev–Trinajstić information content (AvgIpc) is 2.73. The standard InChI is InChI=1S/C20H20N4O4/c1-12(14-10-9-13(27-3)11-17(14)28-4)21-22-19(25)18-15-7-5-6-8-16(15)20(26)24(2)23-18/h5-11H,1-4H3,(H,22,25)/b21-12+. The molecule has 28 heavy (non-hydrogen) atoms. The third-order valence-electron chi connectivity index (χ3n) is 4.30. The van der Waals surface area contributed by atoms with E-state index in [0.29, 0.717) is 33.5 Å². The molecule has 8 nitrogen and oxygen atoms in total. The Morgan fingerprint density at radius 2 is 1.82 bits per heavy atom. The highest BCUT2D eigenvalue weighted by molar-refractivity contribution is 6.06. The molecule has 0 fully saturated rings. The highest BCUT2D eigenvalue weighted by Gasteiger charge is 2.16. The number of hydrazone groups is 1. The fourth-order valence-corrected chi connectivity index (χ4v) is 2.81. The van der Waals surface area contributed by atoms with Crippen LogP contribution in [0.25, 0.3) is 10.8 Å². The molecule has 0 aliphatic rings. The van der Waals surface area contributed by atoms with Gasteiger partial charge in [-0.25, -0.2) is 10.1 Å². The highest BCUT2D eigenvalue weighted by Crippen LogP contribution is 2.25. The van der Waals surface area contributed by atoms with Gasteiger partial charge in [0.2, 0.25) is 0 Å². The first-order valence-corrected chi connectivity index (χ1v) is 8.49. The smallest absolute Gasteiger partial charge is 0.292 e. The second kappa shape index (κ2) is 7.91. The van der Waals surface area contributed by atoms with Crippen molar-refractivity contribution in [1.82, 2.24) is 15.2 Å². The maximum absolute atomic E-state index is 12.7. The predicted octanol–water partition coefficient (Wildman–Crippen LogP) is 2.10. The number of amides is 1. The minimum atomic E-state index is -0.515. The van der Waals surface area contributed by atoms with Crippen molar-refractivity contribution in [2.45, 2.75) is 6.92 Å². The molecule has 0 bridgehead atoms. The number of methoxy groups -OCH3 is 2. The molecule has 1 aromatic heterocycles. The number of rotatable bonds is 5. The summed E-state index contributed by atoms with van der Waals surface area (Å²) < 4.78 is 11.7. The Kier molecular flexibility index (Phi) is 5.39. The van der Waals surface area contributed by atoms with E-state index in [-0.39, 0.29) is 11.3 Å². The normalized spacial score (nSPS) is 11.4. The molecule has 0 spiro atoms. The van der Waals surface area contributed by atoms with Crippen molar-refractivity contribution in [2.24, 2.45) is 12.1 Å². The Bertz CT molecular complexity index is 1130. The fraction of sp³-hybridized carbons (Fsp3) is 0.200. The molecule has 0 unspecified atom stereocenters. The number of nitrogens with one attached hydrogen (secondary N) is 1. The molecular weight excluding hydrogens is 360 g/mol. The molecule has 0 radical (unpaired) electrons. The first kappa shape index (κ1) is 19.1. The molecule has 8 heteroatoms. The number of aromatic nitrogens is 2. The molecule has 0 saturated heterocycles. The molecule has 0 aliphatic heterocycles. The highest BCUT2D eigenvalue weighted by atomic mass is 16.5. The lowest BCUT2D eigenvalue weighted by molar-refractivity contribution is 0.0949. The van der Waals surface area contributed by atoms with E-state index in [1.165, 1.54) is 7.05 Å². The fourth-order valence-electron chi connectivity index (χ4n) is 2.81. The Morgan fingerprint density at radius 1 is 1.11 bits per heavy atom. The minimum Gasteiger partial charge on any atom is -0.497 e. The van der Waals surface area contributed by atoms with Crippen LogP contribution in [0.1, 0.15) is 23.0 Å². The quantitative estimate of drug-likeness (QED) is 0.540. The SMILES string of the molecule is COc1ccc(/C(C)=N/NC(=O)c2nn(C)c(=O)c3ccccc23)c(OC)c1. The lowest BCUT2D eigenvalue weighted by Crippen LogP contribution is -2.27. The van der Waals surface area contributed by atoms with Crippen LogP contribution >= 0.6 is 0 Å². The van der Waals surface area contributed by atoms with Crippen LogP contribution in [0.3, 0.4) is 0 Å². The number of benzene rings is 2. The van der Waals surface area contributed by atoms with Crippen LogP contribution < -0.4 is 20.5 Å². The van der Waals surface area contributed by atoms with E-state index in [2.05, 4.69) is 15.6 Å². The zero-order chi connectivity index (χ0) is 20.3. The van der Waals surface area contributed by atoms with E-state index in [9.17, 15) is 9.59 Å². The molecule has 0 saturated carbocycles. The summed E-state index contributed by atoms with van der Waals surface area (Å²) >= 11 is 0. The van der Waals surface area contributed by atoms with Gasteiger partial charge < -0.3 is 9.47 Å². The molecular formula is C20H20N4O4. The van der Waals surface area contributed by atoms with Gasteiger partial charge in [-0.2, -0.15) is 10.2 Å². The molecule has 3 rings (SSSR count). The monoisotopic (exact) mass is 380 g/mol. The van der Waals surface area contributed by atoms with Crippen LogP contribution in [0.2, 0.25) is 0 Å². The lowest BCUT2D eigenvalue weighted by atomic mass is 10.1. The van der Waals surface area contributed by atoms with Crippen molar-refractivity contribution in [3.8, 4) is 11.5 Å². The van der Waals surface area contributed by atoms with Crippen LogP contribution in [-0.4, -0.2) is 35.6 Å². The van der Waals surface area contributed by atoms with Gasteiger partial charge in [-0.1, -0.05) is 18.2 Å². The first-order chi connectivity index (χ1) is 13.5. The average molecular weight is 380 g/mol. The molecule has 0 aliphatic carbocycles. The summed E-state index contributed by atoms with van der Waals surface area (Å²) in [5, 5.41) is 9.14. The number of aryl methyl sites for hydroxylation is 1. The predicted molar refractivity (Wildman–Crippen MR) is 106 cm³/mol. The van der Waals surface area contributed by atoms with Gasteiger partial charge in [-0.15, -0.1) is 0 Å². The summed E-state index contributed by atoms with van der Waals surface area (Å²) in [6.07, 6.45) is 0. The number of ether oxygens (including phenoxy) is 2. The Balaban J connectivity index is 1.93. The summed E-state index contributed by atoms with van der Waals surface area (Å²) in [4.78, 5) is 24.9. The summed E-state index contributed by atoms with van der Waals surface area (Å²) in [6, 6.07) is 12.1. The van der Waals surface area contributed by atoms with Crippen LogP contribution in [0.5, 0.6) is 11.5 Å². The van der Waals surface area contributed by atoms with Gasteiger partial charge >= 0.3 is 0 Å². The van der Waals surface area contributed by atoms with Crippen LogP contribution in [-0.2, 0) is 7.05 Å². The largest absolute Gasteiger partial charge is 0.497 e. The van der Waals surface area contributed by atoms with E-state index in [0.717, 1.165) is 4.68 Å². The maximum atomic E-state index is 12.7. The van der Waals surface area contributed by atoms with Gasteiger partial charge in [0.15, 0.2) is 5.69 Å². The van der Waals surface area contributed by atoms with E-state index in [1.54, 1.807) is 63.6 Å². The summed E-state index contributed by atoms with van der Waals surface area (Å²) in [6.45, 7) is 1.75. The van der Waals surface area contributed by atoms with Crippen molar-refractivity contribution in [3.05, 3.63) is 64.1 Å². The maximum Gasteiger partial charge on any atom is 0.292 e. The van der Waals surface area contributed by atoms with Gasteiger partial charge in [-0.05, 0) is 25.1 Å². The summed E-state index contributed by atoms with van der Waals surface area (Å²) in [7, 11) is 4.62. The number of carbonyl (C=O) groups excluding carboxylic acids is 1. The second-order valence-electron chi connectivity index (χ2n) is 6.03. The molecule has 3 aromatic rings. The number of fused-ring (bicyclic) bond motifs is 1. The van der Waals surface area contributed by atoms with Gasteiger partial charge in [0.25, 0.3) is 11.5 Å². The zero-order valence-corrected chi connectivity index (χ0v) is 16.0. The van der Waals surface area contributed by atoms with E-state index in [4.69, 9.17) is 9.47 Å². The summed E-state index contributed by atoms with van der Waals surface area (Å²) in [5.74, 6) is 0.706. The van der Waals surface area contributed by atoms with Crippen molar-refractivity contribution >= 4 is 22.4 Å². The molecule has 1 heterocycles. The van der Waals surface area contributed by atoms with Crippen molar-refractivity contribution in [3.63, 3.8) is 0 Å². The summed E-state index contributed by atoms with van der Waals surface area (Å²) in [5.41, 5.74) is 3.61. The van der Waals surface area contributed by atoms with Crippen LogP contribution in [0.4, 0.5) is 0 Å². The lowest BCUT2D eigenvalue weighted by Gasteiger charge is -2.10. The van der Waals surface area contributed by atoms with E-state index >= 15 is 0 Å². The first-order valence-electron chi connectivity index (χ1n) is 8.49. The Morgan fingerprint density at radius 3 is 2.50 bits per heavy atom. The number of hydrogen-bond donors (Lipinski definition) is 1. The molecule has 0 atom stereocenters. The molecule has 1 N–H and O–H groups in total. The molecule has 144 valence electrons. The van der Waals surface area contributed by atoms with E-state index in [1.807, 2.05) is 0 Å². The number of nitrogens with zero attached hydrogens (tertiary/aromatic N) is 3. The number of carbonyl (C=O) groups is 1. The van der Waals surface area contributed by atoms with Gasteiger partial charge in [0.05, 0.1) is 25.3 Å². The van der Waals surface area contributed by atoms with Crippen molar-refractivity contribution in [1.29, 1.82) is 0 Å². The van der Waals surface area contributed by atoms with Gasteiger partial charge in [0, 0.05) is 24.1 Å². The van der Waals surface area contributed by atoms with Gasteiger partial charge in [0.1, 0.15) is 11.5 Å². The van der Waals surface area contributed by atoms with Crippen LogP contribution in [0.15, 0.2) is 52.4 Å². The Labute approximate surface area is 161 Å². The minimum absolute atomic E-state index is 0.121. The topological polar surface area (TPSA) is 94.8 Å². The number of hydrogen-bond acceptors (Lipinski definition) is 6.